The Bertz CT molecular complexity index is 269. The van der Waals surface area contributed by atoms with E-state index in [0.717, 1.165) is 12.8 Å². The predicted molar refractivity (Wildman–Crippen MR) is 45.8 cm³/mol. The summed E-state index contributed by atoms with van der Waals surface area (Å²) in [6.45, 7) is 1.69. The summed E-state index contributed by atoms with van der Waals surface area (Å²) in [5.41, 5.74) is -0.709. The molecule has 0 radical (unpaired) electrons. The standard InChI is InChI=1S/C8H11NO5/c1-2-13-8(12)6(7(10)11)9-14-5-3-4-5/h5H,2-4H2,1H3,(H,10,11)/b9-6+. The van der Waals surface area contributed by atoms with Gasteiger partial charge in [0, 0.05) is 0 Å². The first kappa shape index (κ1) is 10.5. The molecule has 78 valence electrons. The number of ether oxygens (including phenoxy) is 1. The molecular weight excluding hydrogens is 190 g/mol. The number of carboxylic acids is 1. The van der Waals surface area contributed by atoms with Crippen LogP contribution in [-0.2, 0) is 19.2 Å². The topological polar surface area (TPSA) is 85.2 Å². The van der Waals surface area contributed by atoms with Gasteiger partial charge in [0.25, 0.3) is 5.71 Å². The molecule has 0 amide bonds. The molecule has 0 bridgehead atoms. The Balaban J connectivity index is 2.56. The van der Waals surface area contributed by atoms with Crippen molar-refractivity contribution in [3.05, 3.63) is 0 Å². The maximum atomic E-state index is 11.0. The minimum atomic E-state index is -1.44. The van der Waals surface area contributed by atoms with Crippen LogP contribution < -0.4 is 0 Å². The molecule has 14 heavy (non-hydrogen) atoms. The molecular formula is C8H11NO5. The lowest BCUT2D eigenvalue weighted by Crippen LogP contribution is -2.26. The van der Waals surface area contributed by atoms with E-state index in [1.807, 2.05) is 0 Å². The molecule has 1 aliphatic rings. The number of esters is 1. The number of rotatable bonds is 5. The Morgan fingerprint density at radius 2 is 2.14 bits per heavy atom. The van der Waals surface area contributed by atoms with Crippen molar-refractivity contribution in [2.24, 2.45) is 5.16 Å². The number of oxime groups is 1. The van der Waals surface area contributed by atoms with E-state index in [4.69, 9.17) is 9.94 Å². The first-order chi connectivity index (χ1) is 6.65. The molecule has 0 atom stereocenters. The van der Waals surface area contributed by atoms with Gasteiger partial charge in [-0.25, -0.2) is 9.59 Å². The van der Waals surface area contributed by atoms with Gasteiger partial charge in [0.2, 0.25) is 0 Å². The summed E-state index contributed by atoms with van der Waals surface area (Å²) in [6.07, 6.45) is 1.65. The van der Waals surface area contributed by atoms with Crippen molar-refractivity contribution >= 4 is 17.7 Å². The highest BCUT2D eigenvalue weighted by Crippen LogP contribution is 2.23. The molecule has 6 nitrogen and oxygen atoms in total. The first-order valence-electron chi connectivity index (χ1n) is 4.29. The molecule has 1 rings (SSSR count). The molecule has 0 aromatic carbocycles. The number of carbonyl (C=O) groups is 2. The third-order valence-electron chi connectivity index (χ3n) is 1.49. The Labute approximate surface area is 80.5 Å². The summed E-state index contributed by atoms with van der Waals surface area (Å²) < 4.78 is 4.49. The molecule has 0 heterocycles. The summed E-state index contributed by atoms with van der Waals surface area (Å²) in [4.78, 5) is 26.3. The van der Waals surface area contributed by atoms with Crippen molar-refractivity contribution in [1.82, 2.24) is 0 Å². The second-order valence-corrected chi connectivity index (χ2v) is 2.77. The van der Waals surface area contributed by atoms with Crippen molar-refractivity contribution in [2.75, 3.05) is 6.61 Å². The van der Waals surface area contributed by atoms with E-state index in [2.05, 4.69) is 9.89 Å². The van der Waals surface area contributed by atoms with Crippen LogP contribution in [0.25, 0.3) is 0 Å². The Kier molecular flexibility index (Phi) is 3.44. The van der Waals surface area contributed by atoms with Crippen molar-refractivity contribution in [2.45, 2.75) is 25.9 Å². The largest absolute Gasteiger partial charge is 0.476 e. The monoisotopic (exact) mass is 201 g/mol. The number of aliphatic carboxylic acids is 1. The fourth-order valence-electron chi connectivity index (χ4n) is 0.664. The molecule has 1 fully saturated rings. The molecule has 0 aromatic heterocycles. The van der Waals surface area contributed by atoms with Gasteiger partial charge < -0.3 is 14.7 Å². The van der Waals surface area contributed by atoms with Crippen molar-refractivity contribution < 1.29 is 24.3 Å². The SMILES string of the molecule is CCOC(=O)/C(=N/OC1CC1)C(=O)O. The third-order valence-corrected chi connectivity index (χ3v) is 1.49. The van der Waals surface area contributed by atoms with Gasteiger partial charge in [-0.3, -0.25) is 0 Å². The van der Waals surface area contributed by atoms with Gasteiger partial charge in [0.05, 0.1) is 6.61 Å². The van der Waals surface area contributed by atoms with Crippen LogP contribution in [0.1, 0.15) is 19.8 Å². The molecule has 0 aliphatic heterocycles. The summed E-state index contributed by atoms with van der Waals surface area (Å²) in [5.74, 6) is -2.41. The summed E-state index contributed by atoms with van der Waals surface area (Å²) >= 11 is 0. The lowest BCUT2D eigenvalue weighted by molar-refractivity contribution is -0.138. The molecule has 0 spiro atoms. The van der Waals surface area contributed by atoms with Crippen LogP contribution in [-0.4, -0.2) is 35.5 Å². The van der Waals surface area contributed by atoms with Gasteiger partial charge in [-0.2, -0.15) is 0 Å². The molecule has 6 heteroatoms. The maximum Gasteiger partial charge on any atom is 0.368 e. The number of carboxylic acid groups (broad SMARTS) is 1. The van der Waals surface area contributed by atoms with Crippen LogP contribution in [0.4, 0.5) is 0 Å². The molecule has 1 aliphatic carbocycles. The van der Waals surface area contributed by atoms with Gasteiger partial charge in [-0.05, 0) is 19.8 Å². The molecule has 1 saturated carbocycles. The fraction of sp³-hybridized carbons (Fsp3) is 0.625. The molecule has 1 N–H and O–H groups in total. The molecule has 0 aromatic rings. The zero-order chi connectivity index (χ0) is 10.6. The number of nitrogens with zero attached hydrogens (tertiary/aromatic N) is 1. The normalized spacial score (nSPS) is 16.2. The van der Waals surface area contributed by atoms with Gasteiger partial charge in [-0.1, -0.05) is 5.16 Å². The van der Waals surface area contributed by atoms with Crippen LogP contribution in [0.5, 0.6) is 0 Å². The third kappa shape index (κ3) is 3.04. The Morgan fingerprint density at radius 1 is 1.50 bits per heavy atom. The zero-order valence-electron chi connectivity index (χ0n) is 7.73. The first-order valence-corrected chi connectivity index (χ1v) is 4.29. The van der Waals surface area contributed by atoms with Gasteiger partial charge in [0.1, 0.15) is 6.10 Å². The Morgan fingerprint density at radius 3 is 2.57 bits per heavy atom. The second kappa shape index (κ2) is 4.59. The van der Waals surface area contributed by atoms with Crippen molar-refractivity contribution in [1.29, 1.82) is 0 Å². The quantitative estimate of drug-likeness (QED) is 0.296. The Hall–Kier alpha value is -1.59. The van der Waals surface area contributed by atoms with Crippen LogP contribution >= 0.6 is 0 Å². The molecule has 0 unspecified atom stereocenters. The smallest absolute Gasteiger partial charge is 0.368 e. The fourth-order valence-corrected chi connectivity index (χ4v) is 0.664. The summed E-state index contributed by atoms with van der Waals surface area (Å²) in [7, 11) is 0. The van der Waals surface area contributed by atoms with Crippen LogP contribution in [0.15, 0.2) is 5.16 Å². The van der Waals surface area contributed by atoms with Crippen LogP contribution in [0.2, 0.25) is 0 Å². The van der Waals surface area contributed by atoms with Crippen molar-refractivity contribution in [3.8, 4) is 0 Å². The number of hydrogen-bond acceptors (Lipinski definition) is 5. The minimum Gasteiger partial charge on any atom is -0.476 e. The van der Waals surface area contributed by atoms with E-state index in [0.29, 0.717) is 0 Å². The lowest BCUT2D eigenvalue weighted by atomic mass is 10.4. The van der Waals surface area contributed by atoms with Gasteiger partial charge in [0.15, 0.2) is 0 Å². The second-order valence-electron chi connectivity index (χ2n) is 2.77. The summed E-state index contributed by atoms with van der Waals surface area (Å²) in [6, 6.07) is 0. The predicted octanol–water partition coefficient (Wildman–Crippen LogP) is 0.169. The highest BCUT2D eigenvalue weighted by molar-refractivity contribution is 6.62. The van der Waals surface area contributed by atoms with Crippen LogP contribution in [0.3, 0.4) is 0 Å². The maximum absolute atomic E-state index is 11.0. The van der Waals surface area contributed by atoms with Crippen LogP contribution in [0, 0.1) is 0 Å². The summed E-state index contributed by atoms with van der Waals surface area (Å²) in [5, 5.41) is 11.8. The van der Waals surface area contributed by atoms with Gasteiger partial charge >= 0.3 is 11.9 Å². The van der Waals surface area contributed by atoms with Gasteiger partial charge in [-0.15, -0.1) is 0 Å². The van der Waals surface area contributed by atoms with E-state index in [1.54, 1.807) is 6.92 Å². The number of carbonyl (C=O) groups excluding carboxylic acids is 1. The van der Waals surface area contributed by atoms with Crippen molar-refractivity contribution in [3.63, 3.8) is 0 Å². The lowest BCUT2D eigenvalue weighted by Gasteiger charge is -2.01. The van der Waals surface area contributed by atoms with E-state index in [9.17, 15) is 9.59 Å². The van der Waals surface area contributed by atoms with E-state index in [1.165, 1.54) is 0 Å². The van der Waals surface area contributed by atoms with E-state index < -0.39 is 17.7 Å². The minimum absolute atomic E-state index is 0.0428. The average molecular weight is 201 g/mol. The highest BCUT2D eigenvalue weighted by atomic mass is 16.6. The van der Waals surface area contributed by atoms with E-state index in [-0.39, 0.29) is 12.7 Å². The highest BCUT2D eigenvalue weighted by Gasteiger charge is 2.27. The van der Waals surface area contributed by atoms with E-state index >= 15 is 0 Å². The molecule has 0 saturated heterocycles. The number of hydrogen-bond donors (Lipinski definition) is 1. The average Bonchev–Trinajstić information content (AvgIpc) is 2.88. The zero-order valence-corrected chi connectivity index (χ0v) is 7.73.